The van der Waals surface area contributed by atoms with Gasteiger partial charge in [-0.15, -0.1) is 0 Å². The molecule has 0 saturated heterocycles. The Labute approximate surface area is 75.3 Å². The van der Waals surface area contributed by atoms with Gasteiger partial charge in [0.2, 0.25) is 0 Å². The summed E-state index contributed by atoms with van der Waals surface area (Å²) in [6.07, 6.45) is 0.320. The lowest BCUT2D eigenvalue weighted by Crippen LogP contribution is -1.94. The molecule has 2 rings (SSSR count). The van der Waals surface area contributed by atoms with Crippen molar-refractivity contribution >= 4 is 16.7 Å². The van der Waals surface area contributed by atoms with Gasteiger partial charge >= 0.3 is 0 Å². The third-order valence-electron chi connectivity index (χ3n) is 1.87. The Balaban J connectivity index is 2.51. The summed E-state index contributed by atoms with van der Waals surface area (Å²) in [4.78, 5) is 10.9. The SMILES string of the molecule is CC(=O)Cc1onc2ccccc12. The zero-order valence-corrected chi connectivity index (χ0v) is 7.28. The van der Waals surface area contributed by atoms with Crippen LogP contribution in [0.25, 0.3) is 10.9 Å². The number of Topliss-reactive ketones (excluding diaryl/α,β-unsaturated/α-hetero) is 1. The number of fused-ring (bicyclic) bond motifs is 1. The zero-order chi connectivity index (χ0) is 9.26. The van der Waals surface area contributed by atoms with Crippen LogP contribution < -0.4 is 0 Å². The van der Waals surface area contributed by atoms with E-state index in [4.69, 9.17) is 4.52 Å². The number of carbonyl (C=O) groups excluding carboxylic acids is 1. The summed E-state index contributed by atoms with van der Waals surface area (Å²) < 4.78 is 5.06. The highest BCUT2D eigenvalue weighted by molar-refractivity contribution is 5.86. The van der Waals surface area contributed by atoms with Crippen LogP contribution in [0.1, 0.15) is 12.7 Å². The number of carbonyl (C=O) groups is 1. The first-order chi connectivity index (χ1) is 6.27. The van der Waals surface area contributed by atoms with Gasteiger partial charge in [0.15, 0.2) is 5.76 Å². The molecule has 0 unspecified atom stereocenters. The highest BCUT2D eigenvalue weighted by atomic mass is 16.5. The van der Waals surface area contributed by atoms with E-state index >= 15 is 0 Å². The molecule has 0 spiro atoms. The molecular formula is C10H9NO2. The Kier molecular flexibility index (Phi) is 1.85. The van der Waals surface area contributed by atoms with Crippen LogP contribution in [-0.4, -0.2) is 10.9 Å². The van der Waals surface area contributed by atoms with Crippen molar-refractivity contribution in [3.63, 3.8) is 0 Å². The average Bonchev–Trinajstić information content (AvgIpc) is 2.48. The number of hydrogen-bond donors (Lipinski definition) is 0. The van der Waals surface area contributed by atoms with Crippen molar-refractivity contribution in [3.05, 3.63) is 30.0 Å². The fraction of sp³-hybridized carbons (Fsp3) is 0.200. The van der Waals surface area contributed by atoms with Crippen LogP contribution in [0, 0.1) is 0 Å². The van der Waals surface area contributed by atoms with E-state index in [2.05, 4.69) is 5.16 Å². The Morgan fingerprint density at radius 1 is 1.46 bits per heavy atom. The maximum atomic E-state index is 10.9. The van der Waals surface area contributed by atoms with Crippen LogP contribution in [0.4, 0.5) is 0 Å². The largest absolute Gasteiger partial charge is 0.360 e. The van der Waals surface area contributed by atoms with Crippen molar-refractivity contribution in [2.24, 2.45) is 0 Å². The molecule has 0 saturated carbocycles. The van der Waals surface area contributed by atoms with Gasteiger partial charge in [-0.2, -0.15) is 0 Å². The Bertz CT molecular complexity index is 445. The van der Waals surface area contributed by atoms with Gasteiger partial charge in [-0.05, 0) is 19.1 Å². The highest BCUT2D eigenvalue weighted by Gasteiger charge is 2.08. The fourth-order valence-electron chi connectivity index (χ4n) is 1.30. The summed E-state index contributed by atoms with van der Waals surface area (Å²) in [5.41, 5.74) is 0.804. The molecule has 13 heavy (non-hydrogen) atoms. The van der Waals surface area contributed by atoms with Crippen LogP contribution in [0.3, 0.4) is 0 Å². The molecule has 0 fully saturated rings. The van der Waals surface area contributed by atoms with Gasteiger partial charge in [0.1, 0.15) is 11.3 Å². The summed E-state index contributed by atoms with van der Waals surface area (Å²) in [7, 11) is 0. The predicted molar refractivity (Wildman–Crippen MR) is 48.4 cm³/mol. The summed E-state index contributed by atoms with van der Waals surface area (Å²) in [6.45, 7) is 1.54. The van der Waals surface area contributed by atoms with Crippen LogP contribution in [0.5, 0.6) is 0 Å². The lowest BCUT2D eigenvalue weighted by atomic mass is 10.1. The van der Waals surface area contributed by atoms with Crippen LogP contribution in [0.2, 0.25) is 0 Å². The summed E-state index contributed by atoms with van der Waals surface area (Å²) in [6, 6.07) is 7.57. The van der Waals surface area contributed by atoms with E-state index in [-0.39, 0.29) is 5.78 Å². The Morgan fingerprint density at radius 3 is 3.00 bits per heavy atom. The van der Waals surface area contributed by atoms with E-state index < -0.39 is 0 Å². The smallest absolute Gasteiger partial charge is 0.151 e. The van der Waals surface area contributed by atoms with E-state index in [9.17, 15) is 4.79 Å². The molecule has 0 atom stereocenters. The van der Waals surface area contributed by atoms with Gasteiger partial charge in [-0.1, -0.05) is 17.3 Å². The monoisotopic (exact) mass is 175 g/mol. The first kappa shape index (κ1) is 7.98. The second kappa shape index (κ2) is 3.01. The topological polar surface area (TPSA) is 43.1 Å². The van der Waals surface area contributed by atoms with Crippen molar-refractivity contribution in [1.82, 2.24) is 5.16 Å². The second-order valence-corrected chi connectivity index (χ2v) is 3.00. The van der Waals surface area contributed by atoms with Gasteiger partial charge in [-0.25, -0.2) is 0 Å². The number of nitrogens with zero attached hydrogens (tertiary/aromatic N) is 1. The summed E-state index contributed by atoms with van der Waals surface area (Å²) in [5, 5.41) is 4.77. The highest BCUT2D eigenvalue weighted by Crippen LogP contribution is 2.17. The molecule has 0 aliphatic rings. The lowest BCUT2D eigenvalue weighted by molar-refractivity contribution is -0.116. The summed E-state index contributed by atoms with van der Waals surface area (Å²) >= 11 is 0. The molecule has 3 heteroatoms. The Hall–Kier alpha value is -1.64. The average molecular weight is 175 g/mol. The molecule has 1 heterocycles. The number of benzene rings is 1. The number of aromatic nitrogens is 1. The molecule has 1 aromatic carbocycles. The maximum Gasteiger partial charge on any atom is 0.151 e. The second-order valence-electron chi connectivity index (χ2n) is 3.00. The minimum atomic E-state index is 0.0851. The fourth-order valence-corrected chi connectivity index (χ4v) is 1.30. The molecule has 3 nitrogen and oxygen atoms in total. The van der Waals surface area contributed by atoms with Crippen molar-refractivity contribution in [3.8, 4) is 0 Å². The van der Waals surface area contributed by atoms with Crippen molar-refractivity contribution < 1.29 is 9.32 Å². The molecule has 66 valence electrons. The lowest BCUT2D eigenvalue weighted by Gasteiger charge is -1.89. The predicted octanol–water partition coefficient (Wildman–Crippen LogP) is 1.96. The molecule has 0 radical (unpaired) electrons. The maximum absolute atomic E-state index is 10.9. The summed E-state index contributed by atoms with van der Waals surface area (Å²) in [5.74, 6) is 0.741. The molecule has 0 amide bonds. The van der Waals surface area contributed by atoms with Gasteiger partial charge in [0.05, 0.1) is 6.42 Å². The molecular weight excluding hydrogens is 166 g/mol. The molecule has 2 aromatic rings. The molecule has 1 aromatic heterocycles. The van der Waals surface area contributed by atoms with Crippen LogP contribution in [-0.2, 0) is 11.2 Å². The number of rotatable bonds is 2. The van der Waals surface area contributed by atoms with Gasteiger partial charge in [0.25, 0.3) is 0 Å². The van der Waals surface area contributed by atoms with Crippen LogP contribution >= 0.6 is 0 Å². The third kappa shape index (κ3) is 1.45. The van der Waals surface area contributed by atoms with E-state index in [1.165, 1.54) is 6.92 Å². The van der Waals surface area contributed by atoms with Crippen molar-refractivity contribution in [2.45, 2.75) is 13.3 Å². The normalized spacial score (nSPS) is 10.5. The van der Waals surface area contributed by atoms with Crippen molar-refractivity contribution in [1.29, 1.82) is 0 Å². The van der Waals surface area contributed by atoms with E-state index in [1.807, 2.05) is 24.3 Å². The van der Waals surface area contributed by atoms with Gasteiger partial charge in [-0.3, -0.25) is 4.79 Å². The van der Waals surface area contributed by atoms with Crippen molar-refractivity contribution in [2.75, 3.05) is 0 Å². The van der Waals surface area contributed by atoms with E-state index in [0.29, 0.717) is 12.2 Å². The number of ketones is 1. The standard InChI is InChI=1S/C10H9NO2/c1-7(12)6-10-8-4-2-3-5-9(8)11-13-10/h2-5H,6H2,1H3. The molecule has 0 aliphatic carbocycles. The van der Waals surface area contributed by atoms with Gasteiger partial charge in [0, 0.05) is 5.39 Å². The molecule has 0 bridgehead atoms. The first-order valence-electron chi connectivity index (χ1n) is 4.10. The van der Waals surface area contributed by atoms with E-state index in [0.717, 1.165) is 10.9 Å². The zero-order valence-electron chi connectivity index (χ0n) is 7.28. The number of hydrogen-bond acceptors (Lipinski definition) is 3. The third-order valence-corrected chi connectivity index (χ3v) is 1.87. The minimum absolute atomic E-state index is 0.0851. The quantitative estimate of drug-likeness (QED) is 0.700. The molecule has 0 aliphatic heterocycles. The van der Waals surface area contributed by atoms with Gasteiger partial charge < -0.3 is 4.52 Å². The first-order valence-corrected chi connectivity index (χ1v) is 4.10. The molecule has 0 N–H and O–H groups in total. The Morgan fingerprint density at radius 2 is 2.23 bits per heavy atom. The van der Waals surface area contributed by atoms with Crippen LogP contribution in [0.15, 0.2) is 28.8 Å². The minimum Gasteiger partial charge on any atom is -0.360 e. The van der Waals surface area contributed by atoms with E-state index in [1.54, 1.807) is 0 Å².